The number of piperazine rings is 1. The lowest BCUT2D eigenvalue weighted by molar-refractivity contribution is -0.0366. The minimum absolute atomic E-state index is 0.0834. The van der Waals surface area contributed by atoms with Gasteiger partial charge in [0.25, 0.3) is 5.56 Å². The molecule has 0 saturated carbocycles. The van der Waals surface area contributed by atoms with Gasteiger partial charge in [-0.15, -0.1) is 0 Å². The number of carbonyl (C=O) groups excluding carboxylic acids is 1. The molecule has 0 bridgehead atoms. The standard InChI is InChI=1S/C30H38N8O4/c1-18-10-11-22-21(13-34-38(22)23-9-7-8-12-41-23)26(18)37-17-33-24-25(28(37)39)31-16-32-27(24)35-14-20(3)36(15-19(35)2)29(40)42-30(4,5)6/h10-11,13,16-17,19-20,23H,7-9,12,14-15H2,1-6H3. The van der Waals surface area contributed by atoms with Crippen molar-refractivity contribution in [1.82, 2.24) is 34.2 Å². The number of anilines is 1. The van der Waals surface area contributed by atoms with Gasteiger partial charge in [0.05, 0.1) is 17.4 Å². The highest BCUT2D eigenvalue weighted by Gasteiger charge is 2.36. The first-order chi connectivity index (χ1) is 20.0. The first-order valence-corrected chi connectivity index (χ1v) is 14.6. The Labute approximate surface area is 244 Å². The van der Waals surface area contributed by atoms with E-state index in [-0.39, 0.29) is 35.5 Å². The van der Waals surface area contributed by atoms with Crippen molar-refractivity contribution >= 4 is 33.8 Å². The Balaban J connectivity index is 1.36. The molecular weight excluding hydrogens is 536 g/mol. The van der Waals surface area contributed by atoms with Crippen LogP contribution in [-0.4, -0.2) is 77.7 Å². The molecule has 1 amide bonds. The summed E-state index contributed by atoms with van der Waals surface area (Å²) in [7, 11) is 0. The molecule has 3 unspecified atom stereocenters. The maximum Gasteiger partial charge on any atom is 0.410 e. The number of rotatable bonds is 3. The smallest absolute Gasteiger partial charge is 0.410 e. The van der Waals surface area contributed by atoms with Crippen molar-refractivity contribution in [2.24, 2.45) is 0 Å². The van der Waals surface area contributed by atoms with Crippen molar-refractivity contribution in [3.05, 3.63) is 46.9 Å². The minimum Gasteiger partial charge on any atom is -0.444 e. The lowest BCUT2D eigenvalue weighted by Gasteiger charge is -2.44. The molecule has 2 aliphatic rings. The molecule has 222 valence electrons. The van der Waals surface area contributed by atoms with E-state index in [4.69, 9.17) is 14.5 Å². The molecule has 5 heterocycles. The van der Waals surface area contributed by atoms with Gasteiger partial charge in [0.15, 0.2) is 17.6 Å². The summed E-state index contributed by atoms with van der Waals surface area (Å²) >= 11 is 0. The largest absolute Gasteiger partial charge is 0.444 e. The fraction of sp³-hybridized carbons (Fsp3) is 0.533. The van der Waals surface area contributed by atoms with Gasteiger partial charge in [-0.25, -0.2) is 24.4 Å². The number of amides is 1. The maximum atomic E-state index is 14.0. The second-order valence-corrected chi connectivity index (χ2v) is 12.4. The number of ether oxygens (including phenoxy) is 2. The molecule has 3 atom stereocenters. The molecule has 12 nitrogen and oxygen atoms in total. The Hall–Kier alpha value is -4.06. The van der Waals surface area contributed by atoms with E-state index in [2.05, 4.69) is 20.0 Å². The first kappa shape index (κ1) is 28.1. The Morgan fingerprint density at radius 2 is 1.86 bits per heavy atom. The molecule has 1 aromatic carbocycles. The summed E-state index contributed by atoms with van der Waals surface area (Å²) < 4.78 is 15.1. The van der Waals surface area contributed by atoms with Gasteiger partial charge in [-0.2, -0.15) is 5.10 Å². The Kier molecular flexibility index (Phi) is 7.12. The van der Waals surface area contributed by atoms with Crippen LogP contribution < -0.4 is 10.5 Å². The van der Waals surface area contributed by atoms with E-state index in [9.17, 15) is 9.59 Å². The number of aromatic nitrogens is 6. The van der Waals surface area contributed by atoms with Crippen molar-refractivity contribution in [3.8, 4) is 5.69 Å². The van der Waals surface area contributed by atoms with Crippen molar-refractivity contribution in [3.63, 3.8) is 0 Å². The zero-order valence-corrected chi connectivity index (χ0v) is 25.1. The zero-order chi connectivity index (χ0) is 29.8. The van der Waals surface area contributed by atoms with Crippen molar-refractivity contribution < 1.29 is 14.3 Å². The maximum absolute atomic E-state index is 14.0. The van der Waals surface area contributed by atoms with Gasteiger partial charge >= 0.3 is 6.09 Å². The van der Waals surface area contributed by atoms with Crippen LogP contribution in [0.1, 0.15) is 65.7 Å². The zero-order valence-electron chi connectivity index (χ0n) is 25.1. The fourth-order valence-electron chi connectivity index (χ4n) is 5.97. The summed E-state index contributed by atoms with van der Waals surface area (Å²) in [6.45, 7) is 13.2. The number of aryl methyl sites for hydroxylation is 1. The number of hydrogen-bond donors (Lipinski definition) is 0. The minimum atomic E-state index is -0.575. The molecule has 6 rings (SSSR count). The molecule has 3 aromatic heterocycles. The van der Waals surface area contributed by atoms with Crippen molar-refractivity contribution in [2.75, 3.05) is 24.6 Å². The van der Waals surface area contributed by atoms with Crippen LogP contribution in [0, 0.1) is 6.92 Å². The number of nitrogens with zero attached hydrogens (tertiary/aromatic N) is 8. The van der Waals surface area contributed by atoms with Crippen molar-refractivity contribution in [1.29, 1.82) is 0 Å². The van der Waals surface area contributed by atoms with Crippen molar-refractivity contribution in [2.45, 2.75) is 84.7 Å². The average Bonchev–Trinajstić information content (AvgIpc) is 3.38. The summed E-state index contributed by atoms with van der Waals surface area (Å²) in [4.78, 5) is 44.3. The number of hydrogen-bond acceptors (Lipinski definition) is 9. The highest BCUT2D eigenvalue weighted by atomic mass is 16.6. The predicted octanol–water partition coefficient (Wildman–Crippen LogP) is 4.37. The van der Waals surface area contributed by atoms with E-state index in [1.54, 1.807) is 22.0 Å². The van der Waals surface area contributed by atoms with E-state index in [1.807, 2.05) is 58.4 Å². The number of carbonyl (C=O) groups is 1. The summed E-state index contributed by atoms with van der Waals surface area (Å²) in [5.74, 6) is 0.574. The molecule has 42 heavy (non-hydrogen) atoms. The van der Waals surface area contributed by atoms with Crippen LogP contribution in [0.4, 0.5) is 10.6 Å². The summed E-state index contributed by atoms with van der Waals surface area (Å²) in [5.41, 5.74) is 2.36. The second kappa shape index (κ2) is 10.6. The Bertz CT molecular complexity index is 1700. The predicted molar refractivity (Wildman–Crippen MR) is 159 cm³/mol. The van der Waals surface area contributed by atoms with E-state index < -0.39 is 5.60 Å². The van der Waals surface area contributed by atoms with Gasteiger partial charge in [0.1, 0.15) is 23.8 Å². The molecular formula is C30H38N8O4. The van der Waals surface area contributed by atoms with Gasteiger partial charge in [0, 0.05) is 37.2 Å². The molecule has 2 fully saturated rings. The van der Waals surface area contributed by atoms with Crippen LogP contribution in [0.15, 0.2) is 35.8 Å². The lowest BCUT2D eigenvalue weighted by Crippen LogP contribution is -2.59. The fourth-order valence-corrected chi connectivity index (χ4v) is 5.97. The molecule has 0 spiro atoms. The molecule has 0 radical (unpaired) electrons. The Morgan fingerprint density at radius 3 is 2.60 bits per heavy atom. The highest BCUT2D eigenvalue weighted by Crippen LogP contribution is 2.31. The van der Waals surface area contributed by atoms with E-state index in [0.29, 0.717) is 31.0 Å². The van der Waals surface area contributed by atoms with Crippen LogP contribution in [-0.2, 0) is 9.47 Å². The van der Waals surface area contributed by atoms with Crippen LogP contribution in [0.2, 0.25) is 0 Å². The van der Waals surface area contributed by atoms with Crippen LogP contribution in [0.5, 0.6) is 0 Å². The van der Waals surface area contributed by atoms with Gasteiger partial charge < -0.3 is 19.3 Å². The third kappa shape index (κ3) is 4.97. The van der Waals surface area contributed by atoms with Crippen LogP contribution in [0.25, 0.3) is 27.6 Å². The van der Waals surface area contributed by atoms with Gasteiger partial charge in [-0.1, -0.05) is 6.07 Å². The first-order valence-electron chi connectivity index (χ1n) is 14.6. The normalized spacial score (nSPS) is 21.7. The number of benzene rings is 1. The molecule has 0 aliphatic carbocycles. The molecule has 2 saturated heterocycles. The van der Waals surface area contributed by atoms with Crippen LogP contribution in [0.3, 0.4) is 0 Å². The molecule has 4 aromatic rings. The second-order valence-electron chi connectivity index (χ2n) is 12.4. The molecule has 12 heteroatoms. The van der Waals surface area contributed by atoms with E-state index >= 15 is 0 Å². The monoisotopic (exact) mass is 574 g/mol. The lowest BCUT2D eigenvalue weighted by atomic mass is 10.1. The molecule has 0 N–H and O–H groups in total. The van der Waals surface area contributed by atoms with Gasteiger partial charge in [0.2, 0.25) is 0 Å². The SMILES string of the molecule is Cc1ccc2c(cnn2C2CCCCO2)c1-n1cnc2c(N3CC(C)N(C(=O)OC(C)(C)C)CC3C)ncnc2c1=O. The van der Waals surface area contributed by atoms with Gasteiger partial charge in [-0.05, 0) is 72.4 Å². The Morgan fingerprint density at radius 1 is 1.05 bits per heavy atom. The summed E-state index contributed by atoms with van der Waals surface area (Å²) in [6, 6.07) is 3.80. The van der Waals surface area contributed by atoms with E-state index in [0.717, 1.165) is 41.4 Å². The number of fused-ring (bicyclic) bond motifs is 2. The summed E-state index contributed by atoms with van der Waals surface area (Å²) in [6.07, 6.45) is 7.36. The summed E-state index contributed by atoms with van der Waals surface area (Å²) in [5, 5.41) is 5.50. The van der Waals surface area contributed by atoms with Crippen LogP contribution >= 0.6 is 0 Å². The highest BCUT2D eigenvalue weighted by molar-refractivity contribution is 5.90. The quantitative estimate of drug-likeness (QED) is 0.351. The van der Waals surface area contributed by atoms with E-state index in [1.165, 1.54) is 6.33 Å². The third-order valence-corrected chi connectivity index (χ3v) is 8.04. The molecule has 2 aliphatic heterocycles. The third-order valence-electron chi connectivity index (χ3n) is 8.04. The van der Waals surface area contributed by atoms with Gasteiger partial charge in [-0.3, -0.25) is 9.36 Å². The average molecular weight is 575 g/mol. The topological polar surface area (TPSA) is 121 Å².